The summed E-state index contributed by atoms with van der Waals surface area (Å²) in [5.41, 5.74) is 1.84. The van der Waals surface area contributed by atoms with Gasteiger partial charge in [-0.3, -0.25) is 14.5 Å². The molecule has 3 aromatic rings. The number of halogens is 2. The number of thioether (sulfide) groups is 1. The summed E-state index contributed by atoms with van der Waals surface area (Å²) in [6.07, 6.45) is 1.74. The summed E-state index contributed by atoms with van der Waals surface area (Å²) >= 11 is 18.6. The Morgan fingerprint density at radius 3 is 2.57 bits per heavy atom. The van der Waals surface area contributed by atoms with Gasteiger partial charge in [0.25, 0.3) is 11.8 Å². The number of benzene rings is 3. The summed E-state index contributed by atoms with van der Waals surface area (Å²) in [7, 11) is 1.58. The van der Waals surface area contributed by atoms with Crippen LogP contribution in [0.25, 0.3) is 6.08 Å². The number of nitrogens with zero attached hydrogens (tertiary/aromatic N) is 1. The Labute approximate surface area is 221 Å². The monoisotopic (exact) mass is 544 g/mol. The molecule has 1 heterocycles. The first-order valence-corrected chi connectivity index (χ1v) is 12.2. The molecule has 1 saturated heterocycles. The summed E-state index contributed by atoms with van der Waals surface area (Å²) < 4.78 is 11.2. The van der Waals surface area contributed by atoms with E-state index in [2.05, 4.69) is 5.32 Å². The Hall–Kier alpha value is -3.04. The molecule has 0 bridgehead atoms. The van der Waals surface area contributed by atoms with Crippen LogP contribution in [0, 0.1) is 0 Å². The van der Waals surface area contributed by atoms with E-state index in [0.29, 0.717) is 42.1 Å². The molecule has 6 nitrogen and oxygen atoms in total. The van der Waals surface area contributed by atoms with E-state index in [1.165, 1.54) is 16.7 Å². The lowest BCUT2D eigenvalue weighted by Crippen LogP contribution is -2.27. The van der Waals surface area contributed by atoms with Gasteiger partial charge in [0.15, 0.2) is 10.9 Å². The quantitative estimate of drug-likeness (QED) is 0.273. The second-order valence-electron chi connectivity index (χ2n) is 7.25. The van der Waals surface area contributed by atoms with Crippen LogP contribution < -0.4 is 19.7 Å². The first kappa shape index (κ1) is 25.1. The van der Waals surface area contributed by atoms with Gasteiger partial charge < -0.3 is 14.8 Å². The molecule has 0 aliphatic carbocycles. The molecule has 2 amide bonds. The van der Waals surface area contributed by atoms with Gasteiger partial charge in [-0.2, -0.15) is 0 Å². The lowest BCUT2D eigenvalue weighted by atomic mass is 10.2. The molecule has 0 unspecified atom stereocenters. The van der Waals surface area contributed by atoms with Crippen LogP contribution in [0.4, 0.5) is 11.4 Å². The zero-order valence-electron chi connectivity index (χ0n) is 18.3. The first-order chi connectivity index (χ1) is 16.8. The molecule has 3 aromatic carbocycles. The van der Waals surface area contributed by atoms with Gasteiger partial charge in [0.05, 0.1) is 28.4 Å². The van der Waals surface area contributed by atoms with Gasteiger partial charge in [-0.15, -0.1) is 0 Å². The number of methoxy groups -OCH3 is 1. The van der Waals surface area contributed by atoms with E-state index in [0.717, 1.165) is 5.56 Å². The third kappa shape index (κ3) is 6.15. The molecule has 178 valence electrons. The Morgan fingerprint density at radius 1 is 1.09 bits per heavy atom. The summed E-state index contributed by atoms with van der Waals surface area (Å²) in [5.74, 6) is 0.578. The molecule has 35 heavy (non-hydrogen) atoms. The maximum atomic E-state index is 13.0. The summed E-state index contributed by atoms with van der Waals surface area (Å²) in [6.45, 7) is -0.220. The molecule has 0 saturated carbocycles. The van der Waals surface area contributed by atoms with E-state index >= 15 is 0 Å². The van der Waals surface area contributed by atoms with Crippen molar-refractivity contribution in [2.24, 2.45) is 0 Å². The molecule has 0 radical (unpaired) electrons. The average molecular weight is 545 g/mol. The number of hydrogen-bond acceptors (Lipinski definition) is 6. The van der Waals surface area contributed by atoms with Crippen LogP contribution in [0.2, 0.25) is 10.0 Å². The van der Waals surface area contributed by atoms with E-state index in [1.54, 1.807) is 73.8 Å². The van der Waals surface area contributed by atoms with Gasteiger partial charge in [0.1, 0.15) is 11.5 Å². The summed E-state index contributed by atoms with van der Waals surface area (Å²) in [5, 5.41) is 3.48. The lowest BCUT2D eigenvalue weighted by molar-refractivity contribution is -0.118. The van der Waals surface area contributed by atoms with Crippen LogP contribution in [0.5, 0.6) is 11.5 Å². The van der Waals surface area contributed by atoms with Crippen LogP contribution in [-0.2, 0) is 9.59 Å². The van der Waals surface area contributed by atoms with Crippen molar-refractivity contribution in [3.63, 3.8) is 0 Å². The molecule has 1 aliphatic rings. The Bertz CT molecular complexity index is 1330. The number of carbonyl (C=O) groups excluding carboxylic acids is 2. The van der Waals surface area contributed by atoms with Gasteiger partial charge in [0.2, 0.25) is 0 Å². The van der Waals surface area contributed by atoms with Gasteiger partial charge >= 0.3 is 0 Å². The Kier molecular flexibility index (Phi) is 7.97. The normalized spacial score (nSPS) is 14.4. The average Bonchev–Trinajstić information content (AvgIpc) is 3.12. The van der Waals surface area contributed by atoms with Crippen LogP contribution in [0.3, 0.4) is 0 Å². The topological polar surface area (TPSA) is 67.9 Å². The third-order valence-corrected chi connectivity index (χ3v) is 6.71. The predicted molar refractivity (Wildman–Crippen MR) is 146 cm³/mol. The minimum absolute atomic E-state index is 0.212. The molecule has 0 aromatic heterocycles. The summed E-state index contributed by atoms with van der Waals surface area (Å²) in [6, 6.07) is 19.0. The molecule has 10 heteroatoms. The number of carbonyl (C=O) groups is 2. The second-order valence-corrected chi connectivity index (χ2v) is 9.77. The van der Waals surface area contributed by atoms with Crippen LogP contribution in [-0.4, -0.2) is 29.9 Å². The Morgan fingerprint density at radius 2 is 1.86 bits per heavy atom. The zero-order chi connectivity index (χ0) is 24.9. The van der Waals surface area contributed by atoms with Crippen LogP contribution in [0.15, 0.2) is 71.6 Å². The lowest BCUT2D eigenvalue weighted by Gasteiger charge is -2.14. The fraction of sp³-hybridized carbons (Fsp3) is 0.0800. The number of thiocarbonyl (C=S) groups is 1. The third-order valence-electron chi connectivity index (χ3n) is 4.86. The molecule has 4 rings (SSSR count). The fourth-order valence-corrected chi connectivity index (χ4v) is 4.95. The number of hydrogen-bond donors (Lipinski definition) is 1. The molecular formula is C25H18Cl2N2O4S2. The second kappa shape index (κ2) is 11.1. The maximum absolute atomic E-state index is 13.0. The first-order valence-electron chi connectivity index (χ1n) is 10.2. The highest BCUT2D eigenvalue weighted by Gasteiger charge is 2.33. The molecule has 1 aliphatic heterocycles. The number of ether oxygens (including phenoxy) is 2. The van der Waals surface area contributed by atoms with Gasteiger partial charge in [-0.05, 0) is 66.2 Å². The molecule has 1 N–H and O–H groups in total. The molecule has 0 spiro atoms. The van der Waals surface area contributed by atoms with Crippen molar-refractivity contribution in [2.75, 3.05) is 23.9 Å². The van der Waals surface area contributed by atoms with Crippen molar-refractivity contribution in [1.29, 1.82) is 0 Å². The van der Waals surface area contributed by atoms with E-state index in [-0.39, 0.29) is 18.4 Å². The van der Waals surface area contributed by atoms with Crippen LogP contribution in [0.1, 0.15) is 5.56 Å². The Balaban J connectivity index is 1.42. The highest BCUT2D eigenvalue weighted by atomic mass is 35.5. The van der Waals surface area contributed by atoms with E-state index in [4.69, 9.17) is 44.9 Å². The fourth-order valence-electron chi connectivity index (χ4n) is 3.19. The van der Waals surface area contributed by atoms with Crippen molar-refractivity contribution < 1.29 is 19.1 Å². The highest BCUT2D eigenvalue weighted by Crippen LogP contribution is 2.36. The number of rotatable bonds is 7. The van der Waals surface area contributed by atoms with Gasteiger partial charge in [-0.1, -0.05) is 59.3 Å². The highest BCUT2D eigenvalue weighted by molar-refractivity contribution is 8.27. The van der Waals surface area contributed by atoms with Gasteiger partial charge in [0, 0.05) is 5.02 Å². The maximum Gasteiger partial charge on any atom is 0.270 e. The SMILES string of the molecule is COc1ccc(N2C(=O)/C(=C/c3cccc(OCC(=O)Nc4ccc(Cl)cc4Cl)c3)SC2=S)cc1. The van der Waals surface area contributed by atoms with Crippen LogP contribution >= 0.6 is 47.2 Å². The molecule has 0 atom stereocenters. The van der Waals surface area contributed by atoms with Gasteiger partial charge in [-0.25, -0.2) is 0 Å². The number of amides is 2. The van der Waals surface area contributed by atoms with E-state index in [9.17, 15) is 9.59 Å². The van der Waals surface area contributed by atoms with E-state index < -0.39 is 0 Å². The minimum Gasteiger partial charge on any atom is -0.497 e. The predicted octanol–water partition coefficient (Wildman–Crippen LogP) is 6.43. The number of nitrogens with one attached hydrogen (secondary N) is 1. The molecular weight excluding hydrogens is 527 g/mol. The number of anilines is 2. The summed E-state index contributed by atoms with van der Waals surface area (Å²) in [4.78, 5) is 27.2. The standard InChI is InChI=1S/C25H18Cl2N2O4S2/c1-32-18-8-6-17(7-9-18)29-24(31)22(35-25(29)34)12-15-3-2-4-19(11-15)33-14-23(30)28-21-10-5-16(26)13-20(21)27/h2-13H,14H2,1H3,(H,28,30)/b22-12-. The van der Waals surface area contributed by atoms with Crippen molar-refractivity contribution in [3.05, 3.63) is 87.2 Å². The van der Waals surface area contributed by atoms with Crippen molar-refractivity contribution in [2.45, 2.75) is 0 Å². The van der Waals surface area contributed by atoms with E-state index in [1.807, 2.05) is 6.07 Å². The largest absolute Gasteiger partial charge is 0.497 e. The minimum atomic E-state index is -0.375. The van der Waals surface area contributed by atoms with Crippen molar-refractivity contribution in [3.8, 4) is 11.5 Å². The molecule has 1 fully saturated rings. The zero-order valence-corrected chi connectivity index (χ0v) is 21.4. The van der Waals surface area contributed by atoms with Crippen molar-refractivity contribution >= 4 is 80.8 Å². The van der Waals surface area contributed by atoms with Crippen molar-refractivity contribution in [1.82, 2.24) is 0 Å². The smallest absolute Gasteiger partial charge is 0.270 e.